The molecule has 8 nitrogen and oxygen atoms in total. The molecule has 1 aliphatic rings. The fourth-order valence-corrected chi connectivity index (χ4v) is 2.38. The van der Waals surface area contributed by atoms with Crippen LogP contribution in [0.2, 0.25) is 0 Å². The van der Waals surface area contributed by atoms with Crippen molar-refractivity contribution in [3.8, 4) is 0 Å². The van der Waals surface area contributed by atoms with Crippen LogP contribution in [0, 0.1) is 5.92 Å². The number of aryl methyl sites for hydroxylation is 1. The Morgan fingerprint density at radius 1 is 1.33 bits per heavy atom. The first-order valence-corrected chi connectivity index (χ1v) is 6.80. The van der Waals surface area contributed by atoms with Crippen molar-refractivity contribution in [3.05, 3.63) is 18.0 Å². The van der Waals surface area contributed by atoms with Crippen LogP contribution in [-0.4, -0.2) is 50.7 Å². The maximum absolute atomic E-state index is 12.0. The number of carbonyl (C=O) groups is 3. The molecule has 0 aliphatic carbocycles. The Morgan fingerprint density at radius 2 is 2.00 bits per heavy atom. The molecule has 1 aliphatic heterocycles. The van der Waals surface area contributed by atoms with Crippen LogP contribution in [0.15, 0.2) is 12.4 Å². The Balaban J connectivity index is 1.79. The van der Waals surface area contributed by atoms with E-state index in [0.717, 1.165) is 0 Å². The summed E-state index contributed by atoms with van der Waals surface area (Å²) in [6, 6.07) is 0. The smallest absolute Gasteiger partial charge is 0.338 e. The number of hydrogen-bond donors (Lipinski definition) is 2. The summed E-state index contributed by atoms with van der Waals surface area (Å²) in [6.45, 7) is 1.40. The SMILES string of the molecule is NC(=O)C1CCN(C(=O)CCn2cc(C(=O)O)cn2)CC1. The maximum atomic E-state index is 12.0. The first-order chi connectivity index (χ1) is 9.97. The zero-order valence-electron chi connectivity index (χ0n) is 11.6. The van der Waals surface area contributed by atoms with Gasteiger partial charge >= 0.3 is 5.97 Å². The number of nitrogens with zero attached hydrogens (tertiary/aromatic N) is 3. The molecule has 0 aromatic carbocycles. The average Bonchev–Trinajstić information content (AvgIpc) is 2.94. The molecule has 21 heavy (non-hydrogen) atoms. The second kappa shape index (κ2) is 6.38. The van der Waals surface area contributed by atoms with Gasteiger partial charge in [-0.1, -0.05) is 0 Å². The first kappa shape index (κ1) is 15.0. The Morgan fingerprint density at radius 3 is 2.52 bits per heavy atom. The van der Waals surface area contributed by atoms with Gasteiger partial charge in [0.2, 0.25) is 11.8 Å². The standard InChI is InChI=1S/C13H18N4O4/c14-12(19)9-1-4-16(5-2-9)11(18)3-6-17-8-10(7-15-17)13(20)21/h7-9H,1-6H2,(H2,14,19)(H,20,21). The van der Waals surface area contributed by atoms with E-state index in [1.807, 2.05) is 0 Å². The van der Waals surface area contributed by atoms with Gasteiger partial charge in [0.25, 0.3) is 0 Å². The van der Waals surface area contributed by atoms with Gasteiger partial charge in [0.1, 0.15) is 0 Å². The molecule has 0 bridgehead atoms. The molecule has 1 fully saturated rings. The van der Waals surface area contributed by atoms with E-state index in [1.54, 1.807) is 4.90 Å². The minimum atomic E-state index is -1.04. The number of aromatic nitrogens is 2. The zero-order chi connectivity index (χ0) is 15.4. The van der Waals surface area contributed by atoms with E-state index in [2.05, 4.69) is 5.10 Å². The molecule has 1 aromatic rings. The monoisotopic (exact) mass is 294 g/mol. The topological polar surface area (TPSA) is 119 Å². The molecule has 0 atom stereocenters. The van der Waals surface area contributed by atoms with Crippen LogP contribution in [0.3, 0.4) is 0 Å². The highest BCUT2D eigenvalue weighted by Crippen LogP contribution is 2.17. The largest absolute Gasteiger partial charge is 0.478 e. The molecule has 2 rings (SSSR count). The van der Waals surface area contributed by atoms with Gasteiger partial charge in [0, 0.05) is 38.2 Å². The summed E-state index contributed by atoms with van der Waals surface area (Å²) in [4.78, 5) is 35.5. The number of amides is 2. The second-order valence-corrected chi connectivity index (χ2v) is 5.10. The predicted octanol–water partition coefficient (Wildman–Crippen LogP) is -0.305. The summed E-state index contributed by atoms with van der Waals surface area (Å²) >= 11 is 0. The second-order valence-electron chi connectivity index (χ2n) is 5.10. The Labute approximate surface area is 121 Å². The van der Waals surface area contributed by atoms with Crippen molar-refractivity contribution >= 4 is 17.8 Å². The minimum Gasteiger partial charge on any atom is -0.478 e. The number of carboxylic acids is 1. The van der Waals surface area contributed by atoms with Gasteiger partial charge < -0.3 is 15.7 Å². The Bertz CT molecular complexity index is 546. The van der Waals surface area contributed by atoms with Crippen molar-refractivity contribution < 1.29 is 19.5 Å². The highest BCUT2D eigenvalue weighted by molar-refractivity contribution is 5.86. The van der Waals surface area contributed by atoms with E-state index in [9.17, 15) is 14.4 Å². The quantitative estimate of drug-likeness (QED) is 0.772. The van der Waals surface area contributed by atoms with Crippen LogP contribution in [0.25, 0.3) is 0 Å². The number of rotatable bonds is 5. The third-order valence-corrected chi connectivity index (χ3v) is 3.68. The van der Waals surface area contributed by atoms with Gasteiger partial charge in [0.05, 0.1) is 11.8 Å². The van der Waals surface area contributed by atoms with Crippen LogP contribution >= 0.6 is 0 Å². The number of carboxylic acid groups (broad SMARTS) is 1. The van der Waals surface area contributed by atoms with Gasteiger partial charge in [-0.3, -0.25) is 14.3 Å². The van der Waals surface area contributed by atoms with Gasteiger partial charge in [-0.2, -0.15) is 5.10 Å². The molecule has 0 saturated carbocycles. The van der Waals surface area contributed by atoms with Crippen molar-refractivity contribution in [3.63, 3.8) is 0 Å². The highest BCUT2D eigenvalue weighted by atomic mass is 16.4. The first-order valence-electron chi connectivity index (χ1n) is 6.80. The Kier molecular flexibility index (Phi) is 4.56. The summed E-state index contributed by atoms with van der Waals surface area (Å²) in [6.07, 6.45) is 4.11. The third kappa shape index (κ3) is 3.80. The molecule has 8 heteroatoms. The summed E-state index contributed by atoms with van der Waals surface area (Å²) in [7, 11) is 0. The van der Waals surface area contributed by atoms with Crippen LogP contribution in [0.4, 0.5) is 0 Å². The number of hydrogen-bond acceptors (Lipinski definition) is 4. The van der Waals surface area contributed by atoms with Crippen LogP contribution in [-0.2, 0) is 16.1 Å². The molecule has 0 unspecified atom stereocenters. The van der Waals surface area contributed by atoms with Gasteiger partial charge in [0.15, 0.2) is 0 Å². The van der Waals surface area contributed by atoms with Gasteiger partial charge in [-0.25, -0.2) is 4.79 Å². The van der Waals surface area contributed by atoms with Gasteiger partial charge in [-0.05, 0) is 12.8 Å². The zero-order valence-corrected chi connectivity index (χ0v) is 11.6. The number of likely N-dealkylation sites (tertiary alicyclic amines) is 1. The molecule has 0 radical (unpaired) electrons. The molecule has 1 aromatic heterocycles. The molecule has 2 heterocycles. The van der Waals surface area contributed by atoms with Crippen molar-refractivity contribution in [2.24, 2.45) is 11.7 Å². The number of nitrogens with two attached hydrogens (primary N) is 1. The van der Waals surface area contributed by atoms with E-state index >= 15 is 0 Å². The van der Waals surface area contributed by atoms with E-state index in [4.69, 9.17) is 10.8 Å². The summed E-state index contributed by atoms with van der Waals surface area (Å²) in [5, 5.41) is 12.7. The fourth-order valence-electron chi connectivity index (χ4n) is 2.38. The molecule has 0 spiro atoms. The summed E-state index contributed by atoms with van der Waals surface area (Å²) in [5.41, 5.74) is 5.35. The van der Waals surface area contributed by atoms with Crippen LogP contribution in [0.5, 0.6) is 0 Å². The maximum Gasteiger partial charge on any atom is 0.338 e. The number of aromatic carboxylic acids is 1. The molecule has 2 amide bonds. The predicted molar refractivity (Wildman–Crippen MR) is 72.3 cm³/mol. The number of primary amides is 1. The van der Waals surface area contributed by atoms with Crippen molar-refractivity contribution in [2.75, 3.05) is 13.1 Å². The lowest BCUT2D eigenvalue weighted by Gasteiger charge is -2.30. The molecular formula is C13H18N4O4. The Hall–Kier alpha value is -2.38. The van der Waals surface area contributed by atoms with Crippen molar-refractivity contribution in [1.29, 1.82) is 0 Å². The van der Waals surface area contributed by atoms with Crippen molar-refractivity contribution in [1.82, 2.24) is 14.7 Å². The minimum absolute atomic E-state index is 0.0229. The molecule has 1 saturated heterocycles. The third-order valence-electron chi connectivity index (χ3n) is 3.68. The van der Waals surface area contributed by atoms with Crippen LogP contribution < -0.4 is 5.73 Å². The summed E-state index contributed by atoms with van der Waals surface area (Å²) in [5.74, 6) is -1.51. The molecule has 114 valence electrons. The van der Waals surface area contributed by atoms with E-state index in [-0.39, 0.29) is 29.7 Å². The number of piperidine rings is 1. The van der Waals surface area contributed by atoms with E-state index in [1.165, 1.54) is 17.1 Å². The highest BCUT2D eigenvalue weighted by Gasteiger charge is 2.25. The fraction of sp³-hybridized carbons (Fsp3) is 0.538. The summed E-state index contributed by atoms with van der Waals surface area (Å²) < 4.78 is 1.44. The van der Waals surface area contributed by atoms with E-state index < -0.39 is 5.97 Å². The van der Waals surface area contributed by atoms with Crippen LogP contribution in [0.1, 0.15) is 29.6 Å². The molecule has 3 N–H and O–H groups in total. The lowest BCUT2D eigenvalue weighted by atomic mass is 9.96. The lowest BCUT2D eigenvalue weighted by Crippen LogP contribution is -2.41. The van der Waals surface area contributed by atoms with Crippen molar-refractivity contribution in [2.45, 2.75) is 25.8 Å². The molecular weight excluding hydrogens is 276 g/mol. The average molecular weight is 294 g/mol. The number of carbonyl (C=O) groups excluding carboxylic acids is 2. The lowest BCUT2D eigenvalue weighted by molar-refractivity contribution is -0.135. The van der Waals surface area contributed by atoms with Gasteiger partial charge in [-0.15, -0.1) is 0 Å². The normalized spacial score (nSPS) is 15.9. The van der Waals surface area contributed by atoms with E-state index in [0.29, 0.717) is 32.5 Å².